The van der Waals surface area contributed by atoms with Crippen molar-refractivity contribution in [2.75, 3.05) is 6.61 Å². The summed E-state index contributed by atoms with van der Waals surface area (Å²) in [5.41, 5.74) is 0.320. The van der Waals surface area contributed by atoms with Gasteiger partial charge in [0.2, 0.25) is 5.91 Å². The van der Waals surface area contributed by atoms with Gasteiger partial charge in [0.25, 0.3) is 5.91 Å². The first kappa shape index (κ1) is 23.1. The number of benzene rings is 1. The second-order valence-electron chi connectivity index (χ2n) is 6.64. The molecule has 3 atom stereocenters. The lowest BCUT2D eigenvalue weighted by Crippen LogP contribution is -2.73. The molecule has 1 fully saturated rings. The predicted octanol–water partition coefficient (Wildman–Crippen LogP) is 2.35. The van der Waals surface area contributed by atoms with Gasteiger partial charge in [-0.2, -0.15) is 0 Å². The average Bonchev–Trinajstić information content (AvgIpc) is 3.15. The van der Waals surface area contributed by atoms with E-state index in [9.17, 15) is 19.5 Å². The van der Waals surface area contributed by atoms with Gasteiger partial charge < -0.3 is 20.1 Å². The van der Waals surface area contributed by atoms with Gasteiger partial charge in [0.15, 0.2) is 17.0 Å². The Hall–Kier alpha value is -2.57. The van der Waals surface area contributed by atoms with Crippen LogP contribution in [0.15, 0.2) is 46.8 Å². The van der Waals surface area contributed by atoms with E-state index in [1.165, 1.54) is 37.8 Å². The molecule has 2 N–H and O–H groups in total. The maximum Gasteiger partial charge on any atom is 0.330 e. The van der Waals surface area contributed by atoms with E-state index in [1.807, 2.05) is 13.0 Å². The smallest absolute Gasteiger partial charge is 0.330 e. The van der Waals surface area contributed by atoms with Gasteiger partial charge in [0.05, 0.1) is 0 Å². The lowest BCUT2D eigenvalue weighted by atomic mass is 9.99. The molecule has 12 heteroatoms. The highest BCUT2D eigenvalue weighted by Gasteiger charge is 2.53. The maximum absolute atomic E-state index is 12.8. The SMILES string of the molecule is C=C(C)C(C(=O)O)N1C(=O)C(NC(=O)COc2ccccc2)C1SSc1nnc(C)s1. The van der Waals surface area contributed by atoms with E-state index in [-0.39, 0.29) is 6.61 Å². The Morgan fingerprint density at radius 3 is 2.65 bits per heavy atom. The van der Waals surface area contributed by atoms with Crippen LogP contribution in [-0.4, -0.2) is 62.1 Å². The molecule has 2 aromatic rings. The Balaban J connectivity index is 1.68. The molecule has 0 saturated carbocycles. The standard InChI is InChI=1S/C19H20N4O5S3/c1-10(2)15(18(26)27)23-16(25)14(17(23)30-31-19-22-21-11(3)29-19)20-13(24)9-28-12-7-5-4-6-8-12/h4-8,14-15,17H,1,9H2,2-3H3,(H,20,24)(H,26,27). The molecule has 1 aromatic heterocycles. The van der Waals surface area contributed by atoms with Crippen LogP contribution in [0.4, 0.5) is 0 Å². The van der Waals surface area contributed by atoms with Gasteiger partial charge in [-0.1, -0.05) is 46.9 Å². The lowest BCUT2D eigenvalue weighted by Gasteiger charge is -2.48. The van der Waals surface area contributed by atoms with Gasteiger partial charge in [-0.25, -0.2) is 4.79 Å². The first-order valence-corrected chi connectivity index (χ1v) is 12.1. The number of hydrogen-bond acceptors (Lipinski definition) is 9. The molecule has 164 valence electrons. The Morgan fingerprint density at radius 1 is 1.35 bits per heavy atom. The van der Waals surface area contributed by atoms with Crippen LogP contribution in [0.1, 0.15) is 11.9 Å². The van der Waals surface area contributed by atoms with E-state index >= 15 is 0 Å². The normalized spacial score (nSPS) is 18.8. The summed E-state index contributed by atoms with van der Waals surface area (Å²) >= 11 is 1.38. The number of rotatable bonds is 10. The number of hydrogen-bond donors (Lipinski definition) is 2. The number of likely N-dealkylation sites (tertiary alicyclic amines) is 1. The number of β-lactam (4-membered cyclic amide) rings is 1. The molecule has 1 aromatic carbocycles. The van der Waals surface area contributed by atoms with Crippen LogP contribution in [0.25, 0.3) is 0 Å². The highest BCUT2D eigenvalue weighted by atomic mass is 33.1. The van der Waals surface area contributed by atoms with Crippen molar-refractivity contribution in [2.45, 2.75) is 35.6 Å². The van der Waals surface area contributed by atoms with Crippen LogP contribution in [0, 0.1) is 6.92 Å². The van der Waals surface area contributed by atoms with Gasteiger partial charge in [0, 0.05) is 0 Å². The van der Waals surface area contributed by atoms with Crippen molar-refractivity contribution in [3.05, 3.63) is 47.5 Å². The summed E-state index contributed by atoms with van der Waals surface area (Å²) in [7, 11) is 2.51. The van der Waals surface area contributed by atoms with Crippen LogP contribution in [0.2, 0.25) is 0 Å². The number of carbonyl (C=O) groups excluding carboxylic acids is 2. The van der Waals surface area contributed by atoms with E-state index in [0.717, 1.165) is 5.01 Å². The van der Waals surface area contributed by atoms with E-state index in [4.69, 9.17) is 4.74 Å². The van der Waals surface area contributed by atoms with E-state index < -0.39 is 35.2 Å². The summed E-state index contributed by atoms with van der Waals surface area (Å²) < 4.78 is 6.08. The number of aliphatic carboxylic acids is 1. The molecule has 0 radical (unpaired) electrons. The summed E-state index contributed by atoms with van der Waals surface area (Å²) in [6.07, 6.45) is 0. The Morgan fingerprint density at radius 2 is 2.06 bits per heavy atom. The molecule has 9 nitrogen and oxygen atoms in total. The second-order valence-corrected chi connectivity index (χ2v) is 10.4. The second kappa shape index (κ2) is 10.2. The van der Waals surface area contributed by atoms with Gasteiger partial charge in [0.1, 0.15) is 22.2 Å². The molecular formula is C19H20N4O5S3. The van der Waals surface area contributed by atoms with Crippen molar-refractivity contribution < 1.29 is 24.2 Å². The van der Waals surface area contributed by atoms with Crippen molar-refractivity contribution >= 4 is 50.7 Å². The third-order valence-corrected chi connectivity index (χ3v) is 8.03. The number of amides is 2. The molecule has 1 saturated heterocycles. The summed E-state index contributed by atoms with van der Waals surface area (Å²) in [5.74, 6) is -1.62. The van der Waals surface area contributed by atoms with Crippen LogP contribution < -0.4 is 10.1 Å². The monoisotopic (exact) mass is 480 g/mol. The molecule has 3 unspecified atom stereocenters. The number of aromatic nitrogens is 2. The Labute approximate surface area is 190 Å². The summed E-state index contributed by atoms with van der Waals surface area (Å²) in [6.45, 7) is 6.81. The van der Waals surface area contributed by atoms with Crippen LogP contribution in [0.3, 0.4) is 0 Å². The number of carbonyl (C=O) groups is 3. The summed E-state index contributed by atoms with van der Waals surface area (Å²) in [4.78, 5) is 38.1. The fraction of sp³-hybridized carbons (Fsp3) is 0.316. The van der Waals surface area contributed by atoms with Crippen LogP contribution >= 0.6 is 32.9 Å². The molecule has 2 heterocycles. The molecule has 3 rings (SSSR count). The highest BCUT2D eigenvalue weighted by molar-refractivity contribution is 8.77. The van der Waals surface area contributed by atoms with Gasteiger partial charge in [-0.05, 0) is 42.3 Å². The molecule has 0 spiro atoms. The molecule has 31 heavy (non-hydrogen) atoms. The first-order chi connectivity index (χ1) is 14.8. The molecule has 2 amide bonds. The fourth-order valence-electron chi connectivity index (χ4n) is 2.85. The zero-order valence-corrected chi connectivity index (χ0v) is 19.1. The van der Waals surface area contributed by atoms with Crippen molar-refractivity contribution in [3.8, 4) is 5.75 Å². The first-order valence-electron chi connectivity index (χ1n) is 9.09. The van der Waals surface area contributed by atoms with Crippen molar-refractivity contribution in [2.24, 2.45) is 0 Å². The van der Waals surface area contributed by atoms with Crippen molar-refractivity contribution in [3.63, 3.8) is 0 Å². The Kier molecular flexibility index (Phi) is 7.57. The number of nitrogens with one attached hydrogen (secondary N) is 1. The maximum atomic E-state index is 12.8. The van der Waals surface area contributed by atoms with Gasteiger partial charge in [-0.3, -0.25) is 9.59 Å². The summed E-state index contributed by atoms with van der Waals surface area (Å²) in [6, 6.07) is 6.75. The molecule has 0 bridgehead atoms. The number of nitrogens with zero attached hydrogens (tertiary/aromatic N) is 3. The largest absolute Gasteiger partial charge is 0.484 e. The van der Waals surface area contributed by atoms with Crippen LogP contribution in [-0.2, 0) is 14.4 Å². The van der Waals surface area contributed by atoms with E-state index in [2.05, 4.69) is 22.1 Å². The third-order valence-electron chi connectivity index (χ3n) is 4.21. The predicted molar refractivity (Wildman–Crippen MR) is 119 cm³/mol. The zero-order valence-electron chi connectivity index (χ0n) is 16.7. The highest BCUT2D eigenvalue weighted by Crippen LogP contribution is 2.44. The number of aryl methyl sites for hydroxylation is 1. The minimum atomic E-state index is -1.18. The fourth-order valence-corrected chi connectivity index (χ4v) is 6.54. The van der Waals surface area contributed by atoms with Gasteiger partial charge in [-0.15, -0.1) is 10.2 Å². The summed E-state index contributed by atoms with van der Waals surface area (Å²) in [5, 5.41) is 20.4. The van der Waals surface area contributed by atoms with Crippen LogP contribution in [0.5, 0.6) is 5.75 Å². The molecule has 1 aliphatic heterocycles. The Bertz CT molecular complexity index is 970. The number of carboxylic acids is 1. The van der Waals surface area contributed by atoms with Crippen molar-refractivity contribution in [1.82, 2.24) is 20.4 Å². The topological polar surface area (TPSA) is 122 Å². The third kappa shape index (κ3) is 5.57. The number of para-hydroxylation sites is 1. The number of carboxylic acid groups (broad SMARTS) is 1. The molecule has 0 aliphatic carbocycles. The van der Waals surface area contributed by atoms with Crippen molar-refractivity contribution in [1.29, 1.82) is 0 Å². The van der Waals surface area contributed by atoms with E-state index in [1.54, 1.807) is 31.2 Å². The lowest BCUT2D eigenvalue weighted by molar-refractivity contribution is -0.159. The molecule has 1 aliphatic rings. The van der Waals surface area contributed by atoms with Gasteiger partial charge >= 0.3 is 5.97 Å². The minimum Gasteiger partial charge on any atom is -0.484 e. The average molecular weight is 481 g/mol. The van der Waals surface area contributed by atoms with E-state index in [0.29, 0.717) is 15.7 Å². The zero-order chi connectivity index (χ0) is 22.5. The number of ether oxygens (including phenoxy) is 1. The quantitative estimate of drug-likeness (QED) is 0.300. The molecular weight excluding hydrogens is 460 g/mol. The minimum absolute atomic E-state index is 0.267.